The van der Waals surface area contributed by atoms with Crippen molar-refractivity contribution in [3.63, 3.8) is 0 Å². The van der Waals surface area contributed by atoms with Crippen molar-refractivity contribution in [3.05, 3.63) is 0 Å². The molecule has 0 spiro atoms. The first-order valence-corrected chi connectivity index (χ1v) is 11.2. The van der Waals surface area contributed by atoms with Crippen LogP contribution in [0.3, 0.4) is 0 Å². The first-order chi connectivity index (χ1) is 12.6. The molecule has 0 aliphatic heterocycles. The van der Waals surface area contributed by atoms with Gasteiger partial charge >= 0.3 is 0 Å². The van der Waals surface area contributed by atoms with Gasteiger partial charge in [0.25, 0.3) is 0 Å². The molecule has 0 aromatic heterocycles. The number of hydrogen-bond donors (Lipinski definition) is 1. The summed E-state index contributed by atoms with van der Waals surface area (Å²) in [5.41, 5.74) is 0. The molecular formula is C22H48ClNO3. The third kappa shape index (κ3) is 24.1. The van der Waals surface area contributed by atoms with Crippen LogP contribution in [0.2, 0.25) is 0 Å². The topological polar surface area (TPSA) is 38.7 Å². The minimum Gasteiger partial charge on any atom is -1.00 e. The number of rotatable bonds is 21. The van der Waals surface area contributed by atoms with Gasteiger partial charge in [-0.3, -0.25) is 0 Å². The van der Waals surface area contributed by atoms with Gasteiger partial charge in [-0.1, -0.05) is 71.1 Å². The molecule has 0 amide bonds. The zero-order chi connectivity index (χ0) is 19.3. The number of unbranched alkanes of at least 4 members (excludes halogenated alkanes) is 11. The summed E-state index contributed by atoms with van der Waals surface area (Å²) in [6, 6.07) is 0. The van der Waals surface area contributed by atoms with Crippen molar-refractivity contribution in [1.29, 1.82) is 0 Å². The smallest absolute Gasteiger partial charge is 0.102 e. The summed E-state index contributed by atoms with van der Waals surface area (Å²) in [7, 11) is 4.59. The third-order valence-corrected chi connectivity index (χ3v) is 5.07. The lowest BCUT2D eigenvalue weighted by molar-refractivity contribution is -0.891. The van der Waals surface area contributed by atoms with Gasteiger partial charge < -0.3 is 31.5 Å². The van der Waals surface area contributed by atoms with E-state index in [9.17, 15) is 0 Å². The van der Waals surface area contributed by atoms with Crippen LogP contribution in [0.5, 0.6) is 0 Å². The van der Waals surface area contributed by atoms with Crippen molar-refractivity contribution in [3.8, 4) is 0 Å². The predicted molar refractivity (Wildman–Crippen MR) is 112 cm³/mol. The van der Waals surface area contributed by atoms with Crippen molar-refractivity contribution in [2.75, 3.05) is 60.2 Å². The van der Waals surface area contributed by atoms with E-state index in [4.69, 9.17) is 14.6 Å². The molecule has 0 saturated heterocycles. The Bertz CT molecular complexity index is 278. The maximum absolute atomic E-state index is 8.62. The van der Waals surface area contributed by atoms with Crippen LogP contribution in [0, 0.1) is 0 Å². The number of ether oxygens (including phenoxy) is 2. The van der Waals surface area contributed by atoms with Crippen LogP contribution in [0.25, 0.3) is 0 Å². The van der Waals surface area contributed by atoms with Gasteiger partial charge in [-0.25, -0.2) is 0 Å². The molecule has 5 heteroatoms. The second-order valence-electron chi connectivity index (χ2n) is 8.22. The molecule has 0 aliphatic carbocycles. The first-order valence-electron chi connectivity index (χ1n) is 11.2. The van der Waals surface area contributed by atoms with E-state index >= 15 is 0 Å². The Morgan fingerprint density at radius 3 is 1.52 bits per heavy atom. The summed E-state index contributed by atoms with van der Waals surface area (Å²) < 4.78 is 11.8. The van der Waals surface area contributed by atoms with E-state index < -0.39 is 0 Å². The van der Waals surface area contributed by atoms with Gasteiger partial charge in [0.1, 0.15) is 6.54 Å². The first kappa shape index (κ1) is 29.3. The Kier molecular flexibility index (Phi) is 24.4. The molecule has 0 bridgehead atoms. The van der Waals surface area contributed by atoms with Crippen molar-refractivity contribution in [2.45, 2.75) is 84.0 Å². The summed E-state index contributed by atoms with van der Waals surface area (Å²) in [4.78, 5) is 0. The molecule has 0 rings (SSSR count). The van der Waals surface area contributed by atoms with E-state index in [2.05, 4.69) is 21.0 Å². The largest absolute Gasteiger partial charge is 1.00 e. The predicted octanol–water partition coefficient (Wildman–Crippen LogP) is 1.79. The fraction of sp³-hybridized carbons (Fsp3) is 1.00. The van der Waals surface area contributed by atoms with Crippen LogP contribution in [-0.4, -0.2) is 69.8 Å². The number of halogens is 1. The second kappa shape index (κ2) is 22.4. The lowest BCUT2D eigenvalue weighted by Gasteiger charge is -2.29. The highest BCUT2D eigenvalue weighted by Crippen LogP contribution is 2.12. The highest BCUT2D eigenvalue weighted by Gasteiger charge is 2.13. The third-order valence-electron chi connectivity index (χ3n) is 5.07. The van der Waals surface area contributed by atoms with Gasteiger partial charge in [-0.15, -0.1) is 0 Å². The van der Waals surface area contributed by atoms with Gasteiger partial charge in [0, 0.05) is 0 Å². The number of hydrogen-bond acceptors (Lipinski definition) is 3. The van der Waals surface area contributed by atoms with E-state index in [1.165, 1.54) is 83.6 Å². The van der Waals surface area contributed by atoms with Gasteiger partial charge in [0.15, 0.2) is 0 Å². The van der Waals surface area contributed by atoms with Crippen molar-refractivity contribution >= 4 is 0 Å². The van der Waals surface area contributed by atoms with E-state index in [1.54, 1.807) is 0 Å². The second-order valence-corrected chi connectivity index (χ2v) is 8.22. The minimum atomic E-state index is 0. The Balaban J connectivity index is 0. The van der Waals surface area contributed by atoms with Gasteiger partial charge in [0.05, 0.1) is 53.7 Å². The molecule has 166 valence electrons. The van der Waals surface area contributed by atoms with E-state index in [-0.39, 0.29) is 19.0 Å². The van der Waals surface area contributed by atoms with Crippen LogP contribution < -0.4 is 12.4 Å². The Morgan fingerprint density at radius 2 is 1.04 bits per heavy atom. The van der Waals surface area contributed by atoms with Crippen LogP contribution in [0.15, 0.2) is 0 Å². The summed E-state index contributed by atoms with van der Waals surface area (Å²) in [5.74, 6) is 0. The normalized spacial score (nSPS) is 11.6. The van der Waals surface area contributed by atoms with E-state index in [1.807, 2.05) is 0 Å². The van der Waals surface area contributed by atoms with Gasteiger partial charge in [0.2, 0.25) is 0 Å². The van der Waals surface area contributed by atoms with E-state index in [0.29, 0.717) is 19.8 Å². The van der Waals surface area contributed by atoms with Crippen LogP contribution in [0.4, 0.5) is 0 Å². The molecule has 0 atom stereocenters. The molecule has 0 aromatic carbocycles. The van der Waals surface area contributed by atoms with Crippen molar-refractivity contribution < 1.29 is 31.5 Å². The summed E-state index contributed by atoms with van der Waals surface area (Å²) in [6.45, 7) is 7.05. The molecule has 4 nitrogen and oxygen atoms in total. The average Bonchev–Trinajstić information content (AvgIpc) is 2.62. The molecule has 27 heavy (non-hydrogen) atoms. The zero-order valence-corrected chi connectivity index (χ0v) is 19.3. The summed E-state index contributed by atoms with van der Waals surface area (Å²) in [6.07, 6.45) is 16.9. The average molecular weight is 410 g/mol. The number of quaternary nitrogens is 1. The van der Waals surface area contributed by atoms with Crippen LogP contribution in [0.1, 0.15) is 84.0 Å². The molecule has 0 heterocycles. The van der Waals surface area contributed by atoms with E-state index in [0.717, 1.165) is 17.6 Å². The lowest BCUT2D eigenvalue weighted by atomic mass is 10.1. The van der Waals surface area contributed by atoms with Crippen molar-refractivity contribution in [2.24, 2.45) is 0 Å². The fourth-order valence-electron chi connectivity index (χ4n) is 3.19. The number of aliphatic hydroxyl groups excluding tert-OH is 1. The maximum atomic E-state index is 8.62. The molecule has 0 unspecified atom stereocenters. The molecule has 0 aliphatic rings. The zero-order valence-electron chi connectivity index (χ0n) is 18.5. The van der Waals surface area contributed by atoms with Crippen LogP contribution >= 0.6 is 0 Å². The van der Waals surface area contributed by atoms with Crippen LogP contribution in [-0.2, 0) is 9.47 Å². The number of nitrogens with zero attached hydrogens (tertiary/aromatic N) is 1. The molecule has 0 radical (unpaired) electrons. The molecule has 0 aromatic rings. The maximum Gasteiger partial charge on any atom is 0.102 e. The lowest BCUT2D eigenvalue weighted by Crippen LogP contribution is -3.00. The fourth-order valence-corrected chi connectivity index (χ4v) is 3.19. The number of aliphatic hydroxyl groups is 1. The quantitative estimate of drug-likeness (QED) is 0.232. The highest BCUT2D eigenvalue weighted by molar-refractivity contribution is 4.49. The monoisotopic (exact) mass is 409 g/mol. The number of likely N-dealkylation sites (N-methyl/N-ethyl adjacent to an activating group) is 1. The van der Waals surface area contributed by atoms with Gasteiger partial charge in [-0.05, 0) is 12.8 Å². The standard InChI is InChI=1S/C22H48NO3.ClH/c1-4-5-6-7-8-9-10-11-12-13-14-15-16-23(2,3)17-19-25-21-22-26-20-18-24;/h24H,4-22H2,1-3H3;1H/q+1;/p-1. The Morgan fingerprint density at radius 1 is 0.593 bits per heavy atom. The molecule has 0 fully saturated rings. The summed E-state index contributed by atoms with van der Waals surface area (Å²) >= 11 is 0. The van der Waals surface area contributed by atoms with Crippen molar-refractivity contribution in [1.82, 2.24) is 0 Å². The SMILES string of the molecule is CCCCCCCCCCCCCC[N+](C)(C)CCOCCOCCO.[Cl-]. The minimum absolute atomic E-state index is 0. The molecule has 1 N–H and O–H groups in total. The Hall–Kier alpha value is 0.130. The van der Waals surface area contributed by atoms with Gasteiger partial charge in [-0.2, -0.15) is 0 Å². The summed E-state index contributed by atoms with van der Waals surface area (Å²) in [5, 5.41) is 8.62. The highest BCUT2D eigenvalue weighted by atomic mass is 35.5. The Labute approximate surface area is 176 Å². The molecule has 0 saturated carbocycles. The molecular weight excluding hydrogens is 362 g/mol.